The number of ether oxygens (including phenoxy) is 3. The number of carbonyl (C=O) groups is 1. The van der Waals surface area contributed by atoms with Gasteiger partial charge in [0.25, 0.3) is 0 Å². The lowest BCUT2D eigenvalue weighted by Crippen LogP contribution is -2.39. The Hall–Kier alpha value is -1.81. The number of para-hydroxylation sites is 1. The quantitative estimate of drug-likeness (QED) is 0.626. The Bertz CT molecular complexity index is 481. The maximum Gasteiger partial charge on any atom is 0.311 e. The number of esters is 1. The van der Waals surface area contributed by atoms with Crippen molar-refractivity contribution in [3.05, 3.63) is 42.0 Å². The van der Waals surface area contributed by atoms with Gasteiger partial charge in [-0.3, -0.25) is 4.79 Å². The SMILES string of the molecule is COC(=O)[C@@H]1C[C@@H](Oc2ccccc2)C(C)=C[C@H]1OC. The second kappa shape index (κ2) is 6.57. The Balaban J connectivity index is 2.16. The molecule has 0 bridgehead atoms. The van der Waals surface area contributed by atoms with Gasteiger partial charge in [-0.25, -0.2) is 0 Å². The highest BCUT2D eigenvalue weighted by atomic mass is 16.5. The fraction of sp³-hybridized carbons (Fsp3) is 0.438. The van der Waals surface area contributed by atoms with Crippen molar-refractivity contribution in [1.29, 1.82) is 0 Å². The zero-order chi connectivity index (χ0) is 14.5. The molecule has 0 aliphatic heterocycles. The minimum Gasteiger partial charge on any atom is -0.486 e. The highest BCUT2D eigenvalue weighted by Gasteiger charge is 2.36. The van der Waals surface area contributed by atoms with Gasteiger partial charge in [-0.15, -0.1) is 0 Å². The Kier molecular flexibility index (Phi) is 4.79. The van der Waals surface area contributed by atoms with Crippen molar-refractivity contribution >= 4 is 5.97 Å². The van der Waals surface area contributed by atoms with Crippen LogP contribution in [0.25, 0.3) is 0 Å². The van der Waals surface area contributed by atoms with E-state index in [0.29, 0.717) is 6.42 Å². The van der Waals surface area contributed by atoms with Crippen molar-refractivity contribution in [2.24, 2.45) is 5.92 Å². The van der Waals surface area contributed by atoms with E-state index in [1.54, 1.807) is 7.11 Å². The summed E-state index contributed by atoms with van der Waals surface area (Å²) < 4.78 is 16.2. The first-order valence-corrected chi connectivity index (χ1v) is 6.66. The third-order valence-electron chi connectivity index (χ3n) is 3.60. The lowest BCUT2D eigenvalue weighted by atomic mass is 9.85. The molecule has 0 aromatic heterocycles. The topological polar surface area (TPSA) is 44.8 Å². The molecule has 0 unspecified atom stereocenters. The summed E-state index contributed by atoms with van der Waals surface area (Å²) in [4.78, 5) is 11.9. The van der Waals surface area contributed by atoms with Gasteiger partial charge < -0.3 is 14.2 Å². The van der Waals surface area contributed by atoms with Crippen molar-refractivity contribution in [1.82, 2.24) is 0 Å². The zero-order valence-electron chi connectivity index (χ0n) is 12.0. The van der Waals surface area contributed by atoms with Crippen LogP contribution in [0.5, 0.6) is 5.75 Å². The van der Waals surface area contributed by atoms with Gasteiger partial charge in [-0.05, 0) is 24.6 Å². The van der Waals surface area contributed by atoms with E-state index in [0.717, 1.165) is 11.3 Å². The van der Waals surface area contributed by atoms with Crippen LogP contribution in [0.1, 0.15) is 13.3 Å². The van der Waals surface area contributed by atoms with Crippen LogP contribution in [-0.4, -0.2) is 32.4 Å². The molecule has 0 N–H and O–H groups in total. The van der Waals surface area contributed by atoms with Gasteiger partial charge in [0.2, 0.25) is 0 Å². The Morgan fingerprint density at radius 2 is 1.90 bits per heavy atom. The Morgan fingerprint density at radius 1 is 1.20 bits per heavy atom. The van der Waals surface area contributed by atoms with Crippen LogP contribution in [0.15, 0.2) is 42.0 Å². The smallest absolute Gasteiger partial charge is 0.311 e. The molecule has 0 radical (unpaired) electrons. The predicted molar refractivity (Wildman–Crippen MR) is 75.5 cm³/mol. The van der Waals surface area contributed by atoms with Crippen LogP contribution in [0, 0.1) is 5.92 Å². The van der Waals surface area contributed by atoms with Gasteiger partial charge in [-0.1, -0.05) is 24.3 Å². The summed E-state index contributed by atoms with van der Waals surface area (Å²) in [6.45, 7) is 1.99. The van der Waals surface area contributed by atoms with E-state index in [1.807, 2.05) is 43.3 Å². The van der Waals surface area contributed by atoms with E-state index in [1.165, 1.54) is 7.11 Å². The van der Waals surface area contributed by atoms with Crippen molar-refractivity contribution in [3.63, 3.8) is 0 Å². The molecule has 4 heteroatoms. The molecule has 0 saturated carbocycles. The maximum absolute atomic E-state index is 11.9. The van der Waals surface area contributed by atoms with Crippen LogP contribution in [0.4, 0.5) is 0 Å². The summed E-state index contributed by atoms with van der Waals surface area (Å²) in [5.74, 6) is 0.203. The first-order valence-electron chi connectivity index (χ1n) is 6.66. The van der Waals surface area contributed by atoms with Gasteiger partial charge >= 0.3 is 5.97 Å². The number of carbonyl (C=O) groups excluding carboxylic acids is 1. The third kappa shape index (κ3) is 3.20. The summed E-state index contributed by atoms with van der Waals surface area (Å²) in [6.07, 6.45) is 2.12. The maximum atomic E-state index is 11.9. The summed E-state index contributed by atoms with van der Waals surface area (Å²) in [6, 6.07) is 9.60. The Morgan fingerprint density at radius 3 is 2.50 bits per heavy atom. The molecule has 20 heavy (non-hydrogen) atoms. The second-order valence-corrected chi connectivity index (χ2v) is 4.90. The highest BCUT2D eigenvalue weighted by Crippen LogP contribution is 2.30. The van der Waals surface area contributed by atoms with Crippen molar-refractivity contribution in [3.8, 4) is 5.75 Å². The lowest BCUT2D eigenvalue weighted by molar-refractivity contribution is -0.150. The monoisotopic (exact) mass is 276 g/mol. The van der Waals surface area contributed by atoms with Crippen LogP contribution < -0.4 is 4.74 Å². The normalized spacial score (nSPS) is 25.8. The lowest BCUT2D eigenvalue weighted by Gasteiger charge is -2.32. The summed E-state index contributed by atoms with van der Waals surface area (Å²) in [5, 5.41) is 0. The van der Waals surface area contributed by atoms with E-state index in [4.69, 9.17) is 14.2 Å². The number of methoxy groups -OCH3 is 2. The zero-order valence-corrected chi connectivity index (χ0v) is 12.0. The molecule has 1 aromatic rings. The number of rotatable bonds is 4. The van der Waals surface area contributed by atoms with E-state index in [2.05, 4.69) is 0 Å². The molecular weight excluding hydrogens is 256 g/mol. The second-order valence-electron chi connectivity index (χ2n) is 4.90. The van der Waals surface area contributed by atoms with Gasteiger partial charge in [0.1, 0.15) is 11.9 Å². The van der Waals surface area contributed by atoms with Gasteiger partial charge in [0, 0.05) is 13.5 Å². The largest absolute Gasteiger partial charge is 0.486 e. The van der Waals surface area contributed by atoms with E-state index < -0.39 is 0 Å². The van der Waals surface area contributed by atoms with Crippen LogP contribution in [-0.2, 0) is 14.3 Å². The first kappa shape index (κ1) is 14.6. The summed E-state index contributed by atoms with van der Waals surface area (Å²) in [5.41, 5.74) is 1.07. The predicted octanol–water partition coefficient (Wildman–Crippen LogP) is 2.59. The molecule has 108 valence electrons. The number of hydrogen-bond donors (Lipinski definition) is 0. The standard InChI is InChI=1S/C16H20O4/c1-11-9-15(18-2)13(16(17)19-3)10-14(11)20-12-7-5-4-6-8-12/h4-9,13-15H,10H2,1-3H3/t13-,14-,15-/m1/s1. The molecule has 2 rings (SSSR count). The van der Waals surface area contributed by atoms with Crippen LogP contribution in [0.3, 0.4) is 0 Å². The van der Waals surface area contributed by atoms with Crippen LogP contribution >= 0.6 is 0 Å². The summed E-state index contributed by atoms with van der Waals surface area (Å²) >= 11 is 0. The van der Waals surface area contributed by atoms with E-state index in [-0.39, 0.29) is 24.1 Å². The van der Waals surface area contributed by atoms with Gasteiger partial charge in [0.15, 0.2) is 0 Å². The van der Waals surface area contributed by atoms with E-state index >= 15 is 0 Å². The molecule has 1 aliphatic carbocycles. The summed E-state index contributed by atoms with van der Waals surface area (Å²) in [7, 11) is 3.00. The molecule has 3 atom stereocenters. The molecule has 1 aliphatic rings. The fourth-order valence-electron chi connectivity index (χ4n) is 2.45. The molecule has 0 saturated heterocycles. The minimum absolute atomic E-state index is 0.132. The van der Waals surface area contributed by atoms with Crippen molar-refractivity contribution < 1.29 is 19.0 Å². The third-order valence-corrected chi connectivity index (χ3v) is 3.60. The number of hydrogen-bond acceptors (Lipinski definition) is 4. The molecule has 0 heterocycles. The van der Waals surface area contributed by atoms with Crippen molar-refractivity contribution in [2.45, 2.75) is 25.6 Å². The fourth-order valence-corrected chi connectivity index (χ4v) is 2.45. The van der Waals surface area contributed by atoms with Crippen molar-refractivity contribution in [2.75, 3.05) is 14.2 Å². The average Bonchev–Trinajstić information content (AvgIpc) is 2.49. The average molecular weight is 276 g/mol. The molecule has 0 fully saturated rings. The molecular formula is C16H20O4. The Labute approximate surface area is 119 Å². The van der Waals surface area contributed by atoms with Crippen LogP contribution in [0.2, 0.25) is 0 Å². The minimum atomic E-state index is -0.331. The van der Waals surface area contributed by atoms with E-state index in [9.17, 15) is 4.79 Å². The molecule has 4 nitrogen and oxygen atoms in total. The highest BCUT2D eigenvalue weighted by molar-refractivity contribution is 5.74. The molecule has 0 amide bonds. The molecule has 1 aromatic carbocycles. The first-order chi connectivity index (χ1) is 9.65. The van der Waals surface area contributed by atoms with Gasteiger partial charge in [0.05, 0.1) is 19.1 Å². The molecule has 0 spiro atoms. The van der Waals surface area contributed by atoms with Gasteiger partial charge in [-0.2, -0.15) is 0 Å². The number of benzene rings is 1.